The lowest BCUT2D eigenvalue weighted by Crippen LogP contribution is -2.41. The first-order valence-corrected chi connectivity index (χ1v) is 8.90. The first kappa shape index (κ1) is 15.6. The molecule has 1 saturated heterocycles. The Morgan fingerprint density at radius 3 is 2.65 bits per heavy atom. The molecule has 3 heterocycles. The summed E-state index contributed by atoms with van der Waals surface area (Å²) in [6, 6.07) is 2.64. The van der Waals surface area contributed by atoms with Gasteiger partial charge in [-0.2, -0.15) is 9.40 Å². The summed E-state index contributed by atoms with van der Waals surface area (Å²) >= 11 is 0.798. The van der Waals surface area contributed by atoms with Gasteiger partial charge < -0.3 is 11.1 Å². The predicted molar refractivity (Wildman–Crippen MR) is 82.8 cm³/mol. The summed E-state index contributed by atoms with van der Waals surface area (Å²) in [6.07, 6.45) is 2.27. The van der Waals surface area contributed by atoms with Gasteiger partial charge in [-0.1, -0.05) is 0 Å². The Kier molecular flexibility index (Phi) is 3.92. The van der Waals surface area contributed by atoms with Gasteiger partial charge in [-0.15, -0.1) is 11.3 Å². The summed E-state index contributed by atoms with van der Waals surface area (Å²) in [4.78, 5) is 23.5. The molecule has 0 radical (unpaired) electrons. The molecule has 122 valence electrons. The van der Waals surface area contributed by atoms with Crippen molar-refractivity contribution in [1.82, 2.24) is 14.5 Å². The molecule has 2 amide bonds. The van der Waals surface area contributed by atoms with Crippen LogP contribution in [0, 0.1) is 0 Å². The van der Waals surface area contributed by atoms with E-state index < -0.39 is 21.8 Å². The number of nitrogens with two attached hydrogens (primary N) is 1. The number of thiophene rings is 1. The molecule has 0 aliphatic carbocycles. The minimum Gasteiger partial charge on any atom is -0.366 e. The zero-order valence-electron chi connectivity index (χ0n) is 11.8. The fraction of sp³-hybridized carbons (Fsp3) is 0.250. The lowest BCUT2D eigenvalue weighted by Gasteiger charge is -2.28. The van der Waals surface area contributed by atoms with E-state index in [4.69, 9.17) is 5.73 Å². The SMILES string of the molecule is NC(=O)c1cc(S(=O)(=O)N2CCC2)sc1NC(=O)c1cc[nH]n1. The maximum atomic E-state index is 12.4. The predicted octanol–water partition coefficient (Wildman–Crippen LogP) is 0.217. The van der Waals surface area contributed by atoms with Crippen molar-refractivity contribution in [3.05, 3.63) is 29.6 Å². The molecule has 23 heavy (non-hydrogen) atoms. The monoisotopic (exact) mass is 355 g/mol. The molecule has 1 fully saturated rings. The number of nitrogens with one attached hydrogen (secondary N) is 2. The zero-order chi connectivity index (χ0) is 16.6. The highest BCUT2D eigenvalue weighted by Crippen LogP contribution is 2.34. The van der Waals surface area contributed by atoms with E-state index in [0.29, 0.717) is 13.1 Å². The van der Waals surface area contributed by atoms with Crippen LogP contribution in [0.15, 0.2) is 22.5 Å². The van der Waals surface area contributed by atoms with Gasteiger partial charge in [0.25, 0.3) is 21.8 Å². The second-order valence-electron chi connectivity index (χ2n) is 4.84. The fourth-order valence-corrected chi connectivity index (χ4v) is 5.02. The average molecular weight is 355 g/mol. The highest BCUT2D eigenvalue weighted by Gasteiger charge is 2.32. The molecule has 2 aromatic heterocycles. The normalized spacial score (nSPS) is 15.1. The third-order valence-corrected chi connectivity index (χ3v) is 6.74. The third kappa shape index (κ3) is 2.85. The van der Waals surface area contributed by atoms with Gasteiger partial charge in [0.15, 0.2) is 0 Å². The molecule has 1 aliphatic heterocycles. The summed E-state index contributed by atoms with van der Waals surface area (Å²) < 4.78 is 26.0. The van der Waals surface area contributed by atoms with E-state index in [0.717, 1.165) is 17.8 Å². The number of sulfonamides is 1. The highest BCUT2D eigenvalue weighted by atomic mass is 32.2. The van der Waals surface area contributed by atoms with Crippen molar-refractivity contribution in [2.75, 3.05) is 18.4 Å². The number of aromatic amines is 1. The van der Waals surface area contributed by atoms with Crippen molar-refractivity contribution in [2.45, 2.75) is 10.6 Å². The Morgan fingerprint density at radius 1 is 1.39 bits per heavy atom. The van der Waals surface area contributed by atoms with Crippen LogP contribution in [-0.4, -0.2) is 47.8 Å². The number of hydrogen-bond acceptors (Lipinski definition) is 6. The summed E-state index contributed by atoms with van der Waals surface area (Å²) in [6.45, 7) is 0.891. The number of hydrogen-bond donors (Lipinski definition) is 3. The lowest BCUT2D eigenvalue weighted by atomic mass is 10.3. The maximum absolute atomic E-state index is 12.4. The van der Waals surface area contributed by atoms with Crippen LogP contribution >= 0.6 is 11.3 Å². The van der Waals surface area contributed by atoms with Gasteiger partial charge >= 0.3 is 0 Å². The Hall–Kier alpha value is -2.24. The Bertz CT molecular complexity index is 852. The molecule has 3 rings (SSSR count). The van der Waals surface area contributed by atoms with Gasteiger partial charge in [-0.25, -0.2) is 8.42 Å². The van der Waals surface area contributed by atoms with E-state index in [-0.39, 0.29) is 20.5 Å². The third-order valence-electron chi connectivity index (χ3n) is 3.34. The van der Waals surface area contributed by atoms with Crippen LogP contribution in [0.2, 0.25) is 0 Å². The Balaban J connectivity index is 1.93. The zero-order valence-corrected chi connectivity index (χ0v) is 13.4. The minimum absolute atomic E-state index is 0.0247. The molecule has 0 unspecified atom stereocenters. The van der Waals surface area contributed by atoms with E-state index in [1.165, 1.54) is 22.6 Å². The second kappa shape index (κ2) is 5.76. The van der Waals surface area contributed by atoms with Crippen molar-refractivity contribution in [3.8, 4) is 0 Å². The molecule has 11 heteroatoms. The molecular weight excluding hydrogens is 342 g/mol. The van der Waals surface area contributed by atoms with Crippen molar-refractivity contribution >= 4 is 38.2 Å². The van der Waals surface area contributed by atoms with Gasteiger partial charge in [0, 0.05) is 19.3 Å². The minimum atomic E-state index is -3.66. The van der Waals surface area contributed by atoms with Crippen LogP contribution in [0.25, 0.3) is 0 Å². The molecular formula is C12H13N5O4S2. The van der Waals surface area contributed by atoms with Crippen LogP contribution in [0.1, 0.15) is 27.3 Å². The number of nitrogens with zero attached hydrogens (tertiary/aromatic N) is 2. The van der Waals surface area contributed by atoms with Crippen LogP contribution in [0.4, 0.5) is 5.00 Å². The van der Waals surface area contributed by atoms with E-state index in [1.54, 1.807) is 0 Å². The van der Waals surface area contributed by atoms with Gasteiger partial charge in [-0.05, 0) is 18.6 Å². The number of H-pyrrole nitrogens is 1. The highest BCUT2D eigenvalue weighted by molar-refractivity contribution is 7.91. The van der Waals surface area contributed by atoms with E-state index >= 15 is 0 Å². The second-order valence-corrected chi connectivity index (χ2v) is 8.06. The summed E-state index contributed by atoms with van der Waals surface area (Å²) in [5.41, 5.74) is 5.34. The van der Waals surface area contributed by atoms with Crippen molar-refractivity contribution in [1.29, 1.82) is 0 Å². The number of carbonyl (C=O) groups is 2. The molecule has 2 aromatic rings. The largest absolute Gasteiger partial charge is 0.366 e. The number of primary amides is 1. The molecule has 0 saturated carbocycles. The maximum Gasteiger partial charge on any atom is 0.276 e. The Morgan fingerprint density at radius 2 is 2.13 bits per heavy atom. The van der Waals surface area contributed by atoms with Gasteiger partial charge in [-0.3, -0.25) is 14.7 Å². The molecule has 0 bridgehead atoms. The molecule has 0 aromatic carbocycles. The van der Waals surface area contributed by atoms with Crippen molar-refractivity contribution in [3.63, 3.8) is 0 Å². The van der Waals surface area contributed by atoms with E-state index in [2.05, 4.69) is 15.5 Å². The first-order valence-electron chi connectivity index (χ1n) is 6.64. The van der Waals surface area contributed by atoms with E-state index in [9.17, 15) is 18.0 Å². The van der Waals surface area contributed by atoms with Crippen LogP contribution in [-0.2, 0) is 10.0 Å². The van der Waals surface area contributed by atoms with Crippen LogP contribution < -0.4 is 11.1 Å². The Labute approximate surface area is 135 Å². The lowest BCUT2D eigenvalue weighted by molar-refractivity contribution is 0.100. The molecule has 0 atom stereocenters. The van der Waals surface area contributed by atoms with Crippen molar-refractivity contribution < 1.29 is 18.0 Å². The van der Waals surface area contributed by atoms with Gasteiger partial charge in [0.05, 0.1) is 5.56 Å². The van der Waals surface area contributed by atoms with Crippen molar-refractivity contribution in [2.24, 2.45) is 5.73 Å². The topological polar surface area (TPSA) is 138 Å². The average Bonchev–Trinajstić information content (AvgIpc) is 3.04. The standard InChI is InChI=1S/C12H13N5O4S2/c13-10(18)7-6-9(23(20,21)17-4-1-5-17)22-12(7)15-11(19)8-2-3-14-16-8/h2-3,6H,1,4-5H2,(H2,13,18)(H,14,16)(H,15,19). The van der Waals surface area contributed by atoms with E-state index in [1.807, 2.05) is 0 Å². The molecule has 0 spiro atoms. The number of amides is 2. The first-order chi connectivity index (χ1) is 10.9. The number of rotatable bonds is 5. The van der Waals surface area contributed by atoms with Crippen LogP contribution in [0.5, 0.6) is 0 Å². The quantitative estimate of drug-likeness (QED) is 0.704. The summed E-state index contributed by atoms with van der Waals surface area (Å²) in [5.74, 6) is -1.38. The van der Waals surface area contributed by atoms with Crippen LogP contribution in [0.3, 0.4) is 0 Å². The number of carbonyl (C=O) groups excluding carboxylic acids is 2. The molecule has 4 N–H and O–H groups in total. The van der Waals surface area contributed by atoms with Gasteiger partial charge in [0.2, 0.25) is 0 Å². The summed E-state index contributed by atoms with van der Waals surface area (Å²) in [7, 11) is -3.66. The number of anilines is 1. The van der Waals surface area contributed by atoms with Gasteiger partial charge in [0.1, 0.15) is 14.9 Å². The smallest absolute Gasteiger partial charge is 0.276 e. The fourth-order valence-electron chi connectivity index (χ4n) is 1.98. The molecule has 1 aliphatic rings. The number of aromatic nitrogens is 2. The summed E-state index contributed by atoms with van der Waals surface area (Å²) in [5, 5.41) is 8.77. The molecule has 9 nitrogen and oxygen atoms in total.